The Morgan fingerprint density at radius 3 is 2.41 bits per heavy atom. The third kappa shape index (κ3) is 1.69. The minimum absolute atomic E-state index is 0.167. The second-order valence-electron chi connectivity index (χ2n) is 4.76. The molecule has 0 amide bonds. The Bertz CT molecular complexity index is 608. The molecule has 0 bridgehead atoms. The lowest BCUT2D eigenvalue weighted by atomic mass is 10.1. The molecular formula is C11H17N5O. The molecule has 2 aromatic heterocycles. The summed E-state index contributed by atoms with van der Waals surface area (Å²) in [6.45, 7) is 8.03. The van der Waals surface area contributed by atoms with E-state index in [-0.39, 0.29) is 23.3 Å². The first-order valence-corrected chi connectivity index (χ1v) is 5.69. The van der Waals surface area contributed by atoms with Crippen molar-refractivity contribution >= 4 is 11.5 Å². The highest BCUT2D eigenvalue weighted by atomic mass is 16.1. The van der Waals surface area contributed by atoms with Crippen LogP contribution in [-0.4, -0.2) is 19.6 Å². The molecule has 0 spiro atoms. The van der Waals surface area contributed by atoms with Gasteiger partial charge in [-0.05, 0) is 5.92 Å². The fourth-order valence-corrected chi connectivity index (χ4v) is 1.91. The van der Waals surface area contributed by atoms with Crippen LogP contribution in [0.5, 0.6) is 0 Å². The lowest BCUT2D eigenvalue weighted by Crippen LogP contribution is -2.17. The van der Waals surface area contributed by atoms with Crippen LogP contribution in [0.15, 0.2) is 4.79 Å². The van der Waals surface area contributed by atoms with Crippen molar-refractivity contribution in [3.8, 4) is 0 Å². The van der Waals surface area contributed by atoms with Gasteiger partial charge in [0.05, 0.1) is 5.69 Å². The maximum absolute atomic E-state index is 11.9. The Hall–Kier alpha value is -1.85. The number of hydrogen-bond donors (Lipinski definition) is 2. The SMILES string of the molecule is CC(C)c1nc(C(C)C)n2c(N)n[nH]c(=O)c12. The maximum Gasteiger partial charge on any atom is 0.290 e. The number of aromatic amines is 1. The van der Waals surface area contributed by atoms with Gasteiger partial charge in [-0.25, -0.2) is 10.1 Å². The number of aromatic nitrogens is 4. The second kappa shape index (κ2) is 3.87. The lowest BCUT2D eigenvalue weighted by molar-refractivity contribution is 0.749. The van der Waals surface area contributed by atoms with E-state index in [9.17, 15) is 4.79 Å². The molecule has 0 aliphatic rings. The minimum atomic E-state index is -0.248. The van der Waals surface area contributed by atoms with Gasteiger partial charge in [-0.1, -0.05) is 27.7 Å². The van der Waals surface area contributed by atoms with Gasteiger partial charge in [0.1, 0.15) is 11.3 Å². The van der Waals surface area contributed by atoms with Gasteiger partial charge < -0.3 is 5.73 Å². The van der Waals surface area contributed by atoms with Crippen molar-refractivity contribution in [3.63, 3.8) is 0 Å². The van der Waals surface area contributed by atoms with Crippen LogP contribution in [0.25, 0.3) is 5.52 Å². The summed E-state index contributed by atoms with van der Waals surface area (Å²) in [7, 11) is 0. The van der Waals surface area contributed by atoms with Gasteiger partial charge in [-0.2, -0.15) is 0 Å². The van der Waals surface area contributed by atoms with Crippen LogP contribution < -0.4 is 11.3 Å². The molecule has 0 fully saturated rings. The van der Waals surface area contributed by atoms with Crippen LogP contribution in [0.1, 0.15) is 51.0 Å². The quantitative estimate of drug-likeness (QED) is 0.819. The summed E-state index contributed by atoms with van der Waals surface area (Å²) in [6.07, 6.45) is 0. The number of nitrogen functional groups attached to an aromatic ring is 1. The molecule has 6 nitrogen and oxygen atoms in total. The first-order valence-electron chi connectivity index (χ1n) is 5.69. The van der Waals surface area contributed by atoms with Crippen LogP contribution in [0.2, 0.25) is 0 Å². The molecule has 0 aromatic carbocycles. The van der Waals surface area contributed by atoms with Crippen LogP contribution in [-0.2, 0) is 0 Å². The van der Waals surface area contributed by atoms with E-state index in [2.05, 4.69) is 15.2 Å². The van der Waals surface area contributed by atoms with Crippen molar-refractivity contribution in [1.29, 1.82) is 0 Å². The van der Waals surface area contributed by atoms with Gasteiger partial charge in [0.2, 0.25) is 5.95 Å². The fraction of sp³-hybridized carbons (Fsp3) is 0.545. The average molecular weight is 235 g/mol. The number of H-pyrrole nitrogens is 1. The molecule has 2 rings (SSSR count). The summed E-state index contributed by atoms with van der Waals surface area (Å²) in [6, 6.07) is 0. The van der Waals surface area contributed by atoms with E-state index in [1.165, 1.54) is 0 Å². The average Bonchev–Trinajstić information content (AvgIpc) is 2.64. The number of fused-ring (bicyclic) bond motifs is 1. The number of anilines is 1. The highest BCUT2D eigenvalue weighted by Crippen LogP contribution is 2.23. The molecule has 0 atom stereocenters. The van der Waals surface area contributed by atoms with Gasteiger partial charge in [-0.15, -0.1) is 5.10 Å². The largest absolute Gasteiger partial charge is 0.368 e. The van der Waals surface area contributed by atoms with Crippen molar-refractivity contribution in [2.24, 2.45) is 0 Å². The first-order chi connectivity index (χ1) is 7.93. The molecule has 0 aliphatic carbocycles. The third-order valence-corrected chi connectivity index (χ3v) is 2.71. The summed E-state index contributed by atoms with van der Waals surface area (Å²) < 4.78 is 1.65. The van der Waals surface area contributed by atoms with Gasteiger partial charge >= 0.3 is 0 Å². The summed E-state index contributed by atoms with van der Waals surface area (Å²) in [5.41, 5.74) is 6.85. The van der Waals surface area contributed by atoms with Crippen molar-refractivity contribution in [2.45, 2.75) is 39.5 Å². The highest BCUT2D eigenvalue weighted by molar-refractivity contribution is 5.56. The minimum Gasteiger partial charge on any atom is -0.368 e. The summed E-state index contributed by atoms with van der Waals surface area (Å²) >= 11 is 0. The molecule has 3 N–H and O–H groups in total. The summed E-state index contributed by atoms with van der Waals surface area (Å²) in [4.78, 5) is 16.4. The number of hydrogen-bond acceptors (Lipinski definition) is 4. The monoisotopic (exact) mass is 235 g/mol. The van der Waals surface area contributed by atoms with Gasteiger partial charge in [0.15, 0.2) is 0 Å². The number of nitrogens with zero attached hydrogens (tertiary/aromatic N) is 3. The Morgan fingerprint density at radius 2 is 1.88 bits per heavy atom. The van der Waals surface area contributed by atoms with Gasteiger partial charge in [0.25, 0.3) is 5.56 Å². The smallest absolute Gasteiger partial charge is 0.290 e. The maximum atomic E-state index is 11.9. The molecule has 92 valence electrons. The summed E-state index contributed by atoms with van der Waals surface area (Å²) in [5, 5.41) is 6.18. The molecule has 2 aromatic rings. The van der Waals surface area contributed by atoms with E-state index in [0.717, 1.165) is 11.5 Å². The molecule has 0 saturated heterocycles. The number of rotatable bonds is 2. The lowest BCUT2D eigenvalue weighted by Gasteiger charge is -2.05. The normalized spacial score (nSPS) is 11.9. The molecular weight excluding hydrogens is 218 g/mol. The molecule has 2 heterocycles. The predicted octanol–water partition coefficient (Wildman–Crippen LogP) is 1.25. The molecule has 6 heteroatoms. The predicted molar refractivity (Wildman–Crippen MR) is 66.2 cm³/mol. The Morgan fingerprint density at radius 1 is 1.24 bits per heavy atom. The van der Waals surface area contributed by atoms with E-state index < -0.39 is 0 Å². The topological polar surface area (TPSA) is 89.1 Å². The molecule has 0 radical (unpaired) electrons. The van der Waals surface area contributed by atoms with Crippen molar-refractivity contribution in [2.75, 3.05) is 5.73 Å². The van der Waals surface area contributed by atoms with E-state index in [4.69, 9.17) is 5.73 Å². The van der Waals surface area contributed by atoms with Crippen molar-refractivity contribution in [1.82, 2.24) is 19.6 Å². The number of imidazole rings is 1. The van der Waals surface area contributed by atoms with E-state index in [1.54, 1.807) is 4.40 Å². The molecule has 0 unspecified atom stereocenters. The van der Waals surface area contributed by atoms with E-state index in [1.807, 2.05) is 27.7 Å². The van der Waals surface area contributed by atoms with Crippen LogP contribution in [0.3, 0.4) is 0 Å². The molecule has 17 heavy (non-hydrogen) atoms. The molecule has 0 saturated carbocycles. The standard InChI is InChI=1S/C11H17N5O/c1-5(2)7-8-10(17)14-15-11(12)16(8)9(13-7)6(3)4/h5-6H,1-4H3,(H2,12,15)(H,14,17). The number of nitrogens with two attached hydrogens (primary N) is 1. The zero-order valence-corrected chi connectivity index (χ0v) is 10.5. The highest BCUT2D eigenvalue weighted by Gasteiger charge is 2.20. The van der Waals surface area contributed by atoms with Gasteiger partial charge in [0, 0.05) is 5.92 Å². The first kappa shape index (κ1) is 11.6. The van der Waals surface area contributed by atoms with Crippen LogP contribution in [0, 0.1) is 0 Å². The Labute approximate surface area is 98.9 Å². The zero-order valence-electron chi connectivity index (χ0n) is 10.5. The van der Waals surface area contributed by atoms with E-state index >= 15 is 0 Å². The Balaban J connectivity index is 2.96. The third-order valence-electron chi connectivity index (χ3n) is 2.71. The Kier molecular flexibility index (Phi) is 2.65. The zero-order chi connectivity index (χ0) is 12.7. The second-order valence-corrected chi connectivity index (χ2v) is 4.76. The van der Waals surface area contributed by atoms with Gasteiger partial charge in [-0.3, -0.25) is 9.20 Å². The van der Waals surface area contributed by atoms with Crippen molar-refractivity contribution < 1.29 is 0 Å². The van der Waals surface area contributed by atoms with Crippen LogP contribution in [0.4, 0.5) is 5.95 Å². The van der Waals surface area contributed by atoms with Crippen molar-refractivity contribution in [3.05, 3.63) is 21.9 Å². The van der Waals surface area contributed by atoms with Crippen LogP contribution >= 0.6 is 0 Å². The summed E-state index contributed by atoms with van der Waals surface area (Å²) in [5.74, 6) is 1.39. The fourth-order valence-electron chi connectivity index (χ4n) is 1.91. The van der Waals surface area contributed by atoms with E-state index in [0.29, 0.717) is 5.52 Å². The molecule has 0 aliphatic heterocycles. The number of nitrogens with one attached hydrogen (secondary N) is 1.